The number of carbonyl (C=O) groups excluding carboxylic acids is 2. The number of rotatable bonds is 13. The molecular weight excluding hydrogens is 422 g/mol. The van der Waals surface area contributed by atoms with Crippen LogP contribution in [0.2, 0.25) is 0 Å². The van der Waals surface area contributed by atoms with Crippen molar-refractivity contribution >= 4 is 11.9 Å². The van der Waals surface area contributed by atoms with Crippen molar-refractivity contribution in [3.05, 3.63) is 108 Å². The molecule has 3 aromatic carbocycles. The van der Waals surface area contributed by atoms with Gasteiger partial charge < -0.3 is 10.1 Å². The van der Waals surface area contributed by atoms with Crippen LogP contribution in [0.25, 0.3) is 0 Å². The molecule has 4 heteroatoms. The topological polar surface area (TPSA) is 55.4 Å². The minimum Gasteiger partial charge on any atom is -0.466 e. The van der Waals surface area contributed by atoms with Gasteiger partial charge >= 0.3 is 5.97 Å². The van der Waals surface area contributed by atoms with E-state index in [1.54, 1.807) is 12.1 Å². The molecule has 2 atom stereocenters. The van der Waals surface area contributed by atoms with E-state index in [1.807, 2.05) is 61.5 Å². The van der Waals surface area contributed by atoms with Crippen LogP contribution in [0.4, 0.5) is 0 Å². The first-order valence-electron chi connectivity index (χ1n) is 12.3. The molecule has 0 aliphatic heterocycles. The van der Waals surface area contributed by atoms with Crippen LogP contribution in [0, 0.1) is 5.92 Å². The summed E-state index contributed by atoms with van der Waals surface area (Å²) >= 11 is 0. The van der Waals surface area contributed by atoms with Crippen molar-refractivity contribution < 1.29 is 14.3 Å². The van der Waals surface area contributed by atoms with Gasteiger partial charge in [0.25, 0.3) is 5.91 Å². The second-order valence-electron chi connectivity index (χ2n) is 8.56. The van der Waals surface area contributed by atoms with Gasteiger partial charge in [-0.3, -0.25) is 9.59 Å². The van der Waals surface area contributed by atoms with Gasteiger partial charge in [0.1, 0.15) is 0 Å². The quantitative estimate of drug-likeness (QED) is 0.320. The average molecular weight is 458 g/mol. The number of nitrogens with one attached hydrogen (secondary N) is 1. The number of hydrogen-bond acceptors (Lipinski definition) is 3. The molecule has 1 N–H and O–H groups in total. The molecule has 3 rings (SSSR count). The van der Waals surface area contributed by atoms with E-state index in [-0.39, 0.29) is 23.8 Å². The summed E-state index contributed by atoms with van der Waals surface area (Å²) < 4.78 is 5.45. The Morgan fingerprint density at radius 2 is 1.24 bits per heavy atom. The van der Waals surface area contributed by atoms with Crippen LogP contribution in [0.15, 0.2) is 91.0 Å². The summed E-state index contributed by atoms with van der Waals surface area (Å²) in [7, 11) is 0. The zero-order valence-corrected chi connectivity index (χ0v) is 20.0. The number of esters is 1. The highest BCUT2D eigenvalue weighted by atomic mass is 16.5. The Balaban J connectivity index is 1.72. The average Bonchev–Trinajstić information content (AvgIpc) is 2.88. The summed E-state index contributed by atoms with van der Waals surface area (Å²) in [6, 6.07) is 29.5. The number of hydrogen-bond donors (Lipinski definition) is 1. The minimum absolute atomic E-state index is 0.150. The highest BCUT2D eigenvalue weighted by Crippen LogP contribution is 2.21. The van der Waals surface area contributed by atoms with Gasteiger partial charge in [0.2, 0.25) is 0 Å². The van der Waals surface area contributed by atoms with Crippen molar-refractivity contribution in [3.8, 4) is 0 Å². The fraction of sp³-hybridized carbons (Fsp3) is 0.333. The molecule has 3 aromatic rings. The van der Waals surface area contributed by atoms with Crippen LogP contribution in [0.1, 0.15) is 54.1 Å². The van der Waals surface area contributed by atoms with Crippen LogP contribution in [0.3, 0.4) is 0 Å². The summed E-state index contributed by atoms with van der Waals surface area (Å²) in [5.41, 5.74) is 3.11. The standard InChI is InChI=1S/C30H35NO3/c1-2-34-30(33)27(22-12-18-24-14-6-3-7-15-24)28(23-13-19-25-16-8-4-9-17-25)31-29(32)26-20-10-5-11-21-26/h3-11,14-17,20-21,27-28H,2,12-13,18-19,22-23H2,1H3,(H,31,32)/t27-,28-/m0/s1. The second-order valence-corrected chi connectivity index (χ2v) is 8.56. The van der Waals surface area contributed by atoms with Crippen molar-refractivity contribution in [2.45, 2.75) is 51.5 Å². The van der Waals surface area contributed by atoms with Gasteiger partial charge in [0, 0.05) is 11.6 Å². The van der Waals surface area contributed by atoms with Gasteiger partial charge in [0.15, 0.2) is 0 Å². The number of ether oxygens (including phenoxy) is 1. The zero-order valence-electron chi connectivity index (χ0n) is 20.0. The molecule has 0 aliphatic carbocycles. The predicted molar refractivity (Wildman–Crippen MR) is 137 cm³/mol. The van der Waals surface area contributed by atoms with Gasteiger partial charge in [-0.05, 0) is 68.7 Å². The third-order valence-corrected chi connectivity index (χ3v) is 6.07. The van der Waals surface area contributed by atoms with Gasteiger partial charge in [-0.2, -0.15) is 0 Å². The van der Waals surface area contributed by atoms with E-state index in [1.165, 1.54) is 11.1 Å². The Hall–Kier alpha value is -3.40. The molecule has 1 amide bonds. The van der Waals surface area contributed by atoms with Crippen molar-refractivity contribution in [1.82, 2.24) is 5.32 Å². The molecule has 0 aromatic heterocycles. The van der Waals surface area contributed by atoms with Crippen LogP contribution in [0.5, 0.6) is 0 Å². The lowest BCUT2D eigenvalue weighted by atomic mass is 9.88. The summed E-state index contributed by atoms with van der Waals surface area (Å²) in [4.78, 5) is 26.0. The lowest BCUT2D eigenvalue weighted by Crippen LogP contribution is -2.44. The van der Waals surface area contributed by atoms with Crippen molar-refractivity contribution in [2.24, 2.45) is 5.92 Å². The molecule has 0 fully saturated rings. The largest absolute Gasteiger partial charge is 0.466 e. The number of aryl methyl sites for hydroxylation is 2. The van der Waals surface area contributed by atoms with E-state index in [9.17, 15) is 9.59 Å². The molecule has 0 spiro atoms. The molecule has 4 nitrogen and oxygen atoms in total. The van der Waals surface area contributed by atoms with E-state index in [0.717, 1.165) is 25.7 Å². The molecule has 178 valence electrons. The fourth-order valence-electron chi connectivity index (χ4n) is 4.29. The Kier molecular flexibility index (Phi) is 10.4. The van der Waals surface area contributed by atoms with Crippen molar-refractivity contribution in [2.75, 3.05) is 6.61 Å². The van der Waals surface area contributed by atoms with Crippen molar-refractivity contribution in [1.29, 1.82) is 0 Å². The Bertz CT molecular complexity index is 989. The van der Waals surface area contributed by atoms with Gasteiger partial charge in [-0.1, -0.05) is 78.9 Å². The van der Waals surface area contributed by atoms with E-state index in [2.05, 4.69) is 29.6 Å². The smallest absolute Gasteiger partial charge is 0.311 e. The molecule has 34 heavy (non-hydrogen) atoms. The van der Waals surface area contributed by atoms with Gasteiger partial charge in [0.05, 0.1) is 12.5 Å². The monoisotopic (exact) mass is 457 g/mol. The maximum absolute atomic E-state index is 13.0. The van der Waals surface area contributed by atoms with E-state index >= 15 is 0 Å². The lowest BCUT2D eigenvalue weighted by molar-refractivity contribution is -0.149. The number of benzene rings is 3. The minimum atomic E-state index is -0.382. The maximum Gasteiger partial charge on any atom is 0.311 e. The first kappa shape index (κ1) is 25.2. The molecular formula is C30H35NO3. The van der Waals surface area contributed by atoms with Crippen LogP contribution < -0.4 is 5.32 Å². The SMILES string of the molecule is CCOC(=O)[C@@H](CCCc1ccccc1)[C@H](CCCc1ccccc1)NC(=O)c1ccccc1. The number of amides is 1. The number of carbonyl (C=O) groups is 2. The molecule has 0 radical (unpaired) electrons. The molecule has 0 unspecified atom stereocenters. The summed E-state index contributed by atoms with van der Waals surface area (Å²) in [6.45, 7) is 2.16. The lowest BCUT2D eigenvalue weighted by Gasteiger charge is -2.27. The summed E-state index contributed by atoms with van der Waals surface area (Å²) in [6.07, 6.45) is 4.89. The van der Waals surface area contributed by atoms with Crippen LogP contribution >= 0.6 is 0 Å². The first-order valence-corrected chi connectivity index (χ1v) is 12.3. The highest BCUT2D eigenvalue weighted by molar-refractivity contribution is 5.94. The third-order valence-electron chi connectivity index (χ3n) is 6.07. The fourth-order valence-corrected chi connectivity index (χ4v) is 4.29. The summed E-state index contributed by atoms with van der Waals surface area (Å²) in [5, 5.41) is 3.17. The maximum atomic E-state index is 13.0. The van der Waals surface area contributed by atoms with Crippen LogP contribution in [-0.2, 0) is 22.4 Å². The van der Waals surface area contributed by atoms with E-state index in [0.29, 0.717) is 25.0 Å². The van der Waals surface area contributed by atoms with Crippen molar-refractivity contribution in [3.63, 3.8) is 0 Å². The van der Waals surface area contributed by atoms with E-state index in [4.69, 9.17) is 4.74 Å². The first-order chi connectivity index (χ1) is 16.7. The molecule has 0 saturated carbocycles. The Labute approximate surface area is 203 Å². The molecule has 0 bridgehead atoms. The van der Waals surface area contributed by atoms with Gasteiger partial charge in [-0.15, -0.1) is 0 Å². The second kappa shape index (κ2) is 14.0. The summed E-state index contributed by atoms with van der Waals surface area (Å²) in [5.74, 6) is -0.761. The van der Waals surface area contributed by atoms with Crippen LogP contribution in [-0.4, -0.2) is 24.5 Å². The molecule has 0 heterocycles. The molecule has 0 aliphatic rings. The molecule has 0 saturated heterocycles. The van der Waals surface area contributed by atoms with Gasteiger partial charge in [-0.25, -0.2) is 0 Å². The normalized spacial score (nSPS) is 12.5. The Morgan fingerprint density at radius 1 is 0.735 bits per heavy atom. The zero-order chi connectivity index (χ0) is 24.0. The third kappa shape index (κ3) is 8.18. The van der Waals surface area contributed by atoms with E-state index < -0.39 is 0 Å². The predicted octanol–water partition coefficient (Wildman–Crippen LogP) is 6.01. The highest BCUT2D eigenvalue weighted by Gasteiger charge is 2.30. The Morgan fingerprint density at radius 3 is 1.76 bits per heavy atom.